The second kappa shape index (κ2) is 8.97. The molecule has 0 aromatic heterocycles. The summed E-state index contributed by atoms with van der Waals surface area (Å²) in [7, 11) is 3.24. The van der Waals surface area contributed by atoms with Crippen molar-refractivity contribution in [1.82, 2.24) is 4.90 Å². The number of rotatable bonds is 6. The van der Waals surface area contributed by atoms with Crippen molar-refractivity contribution in [3.8, 4) is 11.5 Å². The molecule has 1 saturated heterocycles. The fraction of sp³-hybridized carbons (Fsp3) is 0.409. The Morgan fingerprint density at radius 1 is 1.18 bits per heavy atom. The van der Waals surface area contributed by atoms with Crippen LogP contribution < -0.4 is 9.47 Å². The van der Waals surface area contributed by atoms with Gasteiger partial charge in [0.1, 0.15) is 0 Å². The number of ether oxygens (including phenoxy) is 2. The molecule has 0 spiro atoms. The van der Waals surface area contributed by atoms with Crippen molar-refractivity contribution >= 4 is 21.9 Å². The monoisotopic (exact) mass is 447 g/mol. The second-order valence-corrected chi connectivity index (χ2v) is 8.01. The molecule has 0 aliphatic carbocycles. The number of carboxylic acid groups (broad SMARTS) is 1. The van der Waals surface area contributed by atoms with Crippen LogP contribution >= 0.6 is 15.9 Å². The van der Waals surface area contributed by atoms with E-state index in [1.807, 2.05) is 24.3 Å². The minimum atomic E-state index is -0.723. The first-order valence-corrected chi connectivity index (χ1v) is 10.2. The summed E-state index contributed by atoms with van der Waals surface area (Å²) >= 11 is 3.71. The summed E-state index contributed by atoms with van der Waals surface area (Å²) in [6.07, 6.45) is 1.59. The molecule has 28 heavy (non-hydrogen) atoms. The van der Waals surface area contributed by atoms with Crippen molar-refractivity contribution in [3.63, 3.8) is 0 Å². The molecule has 0 radical (unpaired) electrons. The molecule has 5 nitrogen and oxygen atoms in total. The minimum absolute atomic E-state index is 0.0717. The fourth-order valence-corrected chi connectivity index (χ4v) is 4.52. The van der Waals surface area contributed by atoms with Gasteiger partial charge in [0.05, 0.1) is 26.2 Å². The molecular weight excluding hydrogens is 422 g/mol. The van der Waals surface area contributed by atoms with Crippen LogP contribution in [0, 0.1) is 12.8 Å². The Kier molecular flexibility index (Phi) is 6.62. The standard InChI is InChI=1S/C22H26BrNO4/c1-14-7-4-5-9-16(14)21(24-10-6-8-15(13-24)22(25)26)17-11-19(27-2)20(28-3)12-18(17)23/h4-5,7,9,11-12,15,21H,6,8,10,13H2,1-3H3,(H,25,26). The van der Waals surface area contributed by atoms with Crippen LogP contribution in [0.1, 0.15) is 35.6 Å². The van der Waals surface area contributed by atoms with E-state index in [4.69, 9.17) is 9.47 Å². The molecule has 0 bridgehead atoms. The van der Waals surface area contributed by atoms with Gasteiger partial charge in [-0.05, 0) is 55.1 Å². The Bertz CT molecular complexity index is 854. The number of carboxylic acids is 1. The molecule has 150 valence electrons. The van der Waals surface area contributed by atoms with E-state index in [0.29, 0.717) is 18.0 Å². The van der Waals surface area contributed by atoms with Crippen LogP contribution in [0.5, 0.6) is 11.5 Å². The zero-order valence-electron chi connectivity index (χ0n) is 16.4. The first-order valence-electron chi connectivity index (χ1n) is 9.40. The van der Waals surface area contributed by atoms with Gasteiger partial charge in [-0.25, -0.2) is 0 Å². The summed E-state index contributed by atoms with van der Waals surface area (Å²) in [5, 5.41) is 9.57. The zero-order valence-corrected chi connectivity index (χ0v) is 18.0. The van der Waals surface area contributed by atoms with E-state index in [0.717, 1.165) is 29.4 Å². The van der Waals surface area contributed by atoms with Gasteiger partial charge >= 0.3 is 5.97 Å². The molecule has 0 amide bonds. The fourth-order valence-electron chi connectivity index (χ4n) is 3.98. The van der Waals surface area contributed by atoms with E-state index in [1.165, 1.54) is 11.1 Å². The van der Waals surface area contributed by atoms with E-state index in [-0.39, 0.29) is 12.0 Å². The molecule has 0 saturated carbocycles. The molecule has 2 atom stereocenters. The van der Waals surface area contributed by atoms with Crippen molar-refractivity contribution in [2.45, 2.75) is 25.8 Å². The Morgan fingerprint density at radius 3 is 2.50 bits per heavy atom. The summed E-state index contributed by atoms with van der Waals surface area (Å²) in [5.41, 5.74) is 3.38. The summed E-state index contributed by atoms with van der Waals surface area (Å²) in [6.45, 7) is 3.47. The first-order chi connectivity index (χ1) is 13.5. The highest BCUT2D eigenvalue weighted by atomic mass is 79.9. The predicted molar refractivity (Wildman–Crippen MR) is 112 cm³/mol. The highest BCUT2D eigenvalue weighted by molar-refractivity contribution is 9.10. The molecule has 2 aromatic carbocycles. The Morgan fingerprint density at radius 2 is 1.86 bits per heavy atom. The topological polar surface area (TPSA) is 59.0 Å². The number of halogens is 1. The van der Waals surface area contributed by atoms with E-state index in [1.54, 1.807) is 14.2 Å². The van der Waals surface area contributed by atoms with Gasteiger partial charge in [-0.3, -0.25) is 9.69 Å². The normalized spacial score (nSPS) is 18.5. The average molecular weight is 448 g/mol. The molecule has 1 aliphatic heterocycles. The predicted octanol–water partition coefficient (Wildman–Crippen LogP) is 4.66. The number of aryl methyl sites for hydroxylation is 1. The van der Waals surface area contributed by atoms with Gasteiger partial charge < -0.3 is 14.6 Å². The molecule has 6 heteroatoms. The minimum Gasteiger partial charge on any atom is -0.493 e. The molecule has 2 aromatic rings. The van der Waals surface area contributed by atoms with Gasteiger partial charge in [-0.1, -0.05) is 40.2 Å². The van der Waals surface area contributed by atoms with E-state index in [9.17, 15) is 9.90 Å². The van der Waals surface area contributed by atoms with Crippen LogP contribution in [0.2, 0.25) is 0 Å². The Hall–Kier alpha value is -2.05. The third-order valence-electron chi connectivity index (χ3n) is 5.45. The molecule has 1 aliphatic rings. The maximum atomic E-state index is 11.6. The van der Waals surface area contributed by atoms with Crippen LogP contribution in [0.15, 0.2) is 40.9 Å². The van der Waals surface area contributed by atoms with Gasteiger partial charge in [0.15, 0.2) is 11.5 Å². The van der Waals surface area contributed by atoms with E-state index >= 15 is 0 Å². The summed E-state index contributed by atoms with van der Waals surface area (Å²) in [4.78, 5) is 13.9. The molecule has 1 fully saturated rings. The molecule has 3 rings (SSSR count). The lowest BCUT2D eigenvalue weighted by Gasteiger charge is -2.38. The number of methoxy groups -OCH3 is 2. The van der Waals surface area contributed by atoms with Crippen LogP contribution in [-0.4, -0.2) is 43.3 Å². The molecular formula is C22H26BrNO4. The number of piperidine rings is 1. The molecule has 2 unspecified atom stereocenters. The summed E-state index contributed by atoms with van der Waals surface area (Å²) in [6, 6.07) is 12.1. The lowest BCUT2D eigenvalue weighted by Crippen LogP contribution is -2.41. The van der Waals surface area contributed by atoms with Crippen LogP contribution in [0.25, 0.3) is 0 Å². The van der Waals surface area contributed by atoms with Gasteiger partial charge in [-0.15, -0.1) is 0 Å². The zero-order chi connectivity index (χ0) is 20.3. The number of benzene rings is 2. The molecule has 1 heterocycles. The SMILES string of the molecule is COc1cc(Br)c(C(c2ccccc2C)N2CCCC(C(=O)O)C2)cc1OC. The van der Waals surface area contributed by atoms with Crippen molar-refractivity contribution < 1.29 is 19.4 Å². The lowest BCUT2D eigenvalue weighted by molar-refractivity contribution is -0.143. The number of aliphatic carboxylic acids is 1. The average Bonchev–Trinajstić information content (AvgIpc) is 2.70. The summed E-state index contributed by atoms with van der Waals surface area (Å²) < 4.78 is 11.9. The highest BCUT2D eigenvalue weighted by Gasteiger charge is 2.33. The smallest absolute Gasteiger partial charge is 0.307 e. The third kappa shape index (κ3) is 4.18. The third-order valence-corrected chi connectivity index (χ3v) is 6.13. The second-order valence-electron chi connectivity index (χ2n) is 7.16. The number of nitrogens with zero attached hydrogens (tertiary/aromatic N) is 1. The van der Waals surface area contributed by atoms with Gasteiger partial charge in [-0.2, -0.15) is 0 Å². The van der Waals surface area contributed by atoms with Crippen molar-refractivity contribution in [2.24, 2.45) is 5.92 Å². The first kappa shape index (κ1) is 20.7. The van der Waals surface area contributed by atoms with Crippen molar-refractivity contribution in [3.05, 3.63) is 57.6 Å². The van der Waals surface area contributed by atoms with Crippen LogP contribution in [0.3, 0.4) is 0 Å². The largest absolute Gasteiger partial charge is 0.493 e. The quantitative estimate of drug-likeness (QED) is 0.697. The van der Waals surface area contributed by atoms with E-state index < -0.39 is 5.97 Å². The number of hydrogen-bond acceptors (Lipinski definition) is 4. The number of carbonyl (C=O) groups is 1. The Labute approximate surface area is 174 Å². The van der Waals surface area contributed by atoms with Gasteiger partial charge in [0.25, 0.3) is 0 Å². The lowest BCUT2D eigenvalue weighted by atomic mass is 9.89. The van der Waals surface area contributed by atoms with Gasteiger partial charge in [0.2, 0.25) is 0 Å². The van der Waals surface area contributed by atoms with Crippen molar-refractivity contribution in [2.75, 3.05) is 27.3 Å². The maximum Gasteiger partial charge on any atom is 0.307 e. The van der Waals surface area contributed by atoms with Crippen LogP contribution in [0.4, 0.5) is 0 Å². The number of likely N-dealkylation sites (tertiary alicyclic amines) is 1. The Balaban J connectivity index is 2.12. The maximum absolute atomic E-state index is 11.6. The number of hydrogen-bond donors (Lipinski definition) is 1. The van der Waals surface area contributed by atoms with Gasteiger partial charge in [0, 0.05) is 11.0 Å². The summed E-state index contributed by atoms with van der Waals surface area (Å²) in [5.74, 6) is 0.244. The van der Waals surface area contributed by atoms with Crippen LogP contribution in [-0.2, 0) is 4.79 Å². The van der Waals surface area contributed by atoms with E-state index in [2.05, 4.69) is 39.9 Å². The highest BCUT2D eigenvalue weighted by Crippen LogP contribution is 2.42. The van der Waals surface area contributed by atoms with Crippen molar-refractivity contribution in [1.29, 1.82) is 0 Å². The molecule has 1 N–H and O–H groups in total.